The van der Waals surface area contributed by atoms with Crippen LogP contribution < -0.4 is 0 Å². The molecule has 5 nitrogen and oxygen atoms in total. The van der Waals surface area contributed by atoms with Crippen LogP contribution >= 0.6 is 0 Å². The molecule has 0 saturated heterocycles. The molecule has 3 rings (SSSR count). The maximum atomic E-state index is 10.8. The van der Waals surface area contributed by atoms with Gasteiger partial charge in [0.15, 0.2) is 17.3 Å². The second-order valence-corrected chi connectivity index (χ2v) is 3.72. The number of aromatic nitrogens is 2. The number of para-hydroxylation sites is 1. The Morgan fingerprint density at radius 1 is 1.22 bits per heavy atom. The van der Waals surface area contributed by atoms with E-state index in [-0.39, 0.29) is 11.5 Å². The summed E-state index contributed by atoms with van der Waals surface area (Å²) >= 11 is 0. The lowest BCUT2D eigenvalue weighted by Gasteiger charge is -1.96. The maximum absolute atomic E-state index is 10.8. The first-order valence-corrected chi connectivity index (χ1v) is 5.29. The van der Waals surface area contributed by atoms with Crippen molar-refractivity contribution in [3.8, 4) is 11.6 Å². The van der Waals surface area contributed by atoms with Crippen LogP contribution in [0, 0.1) is 0 Å². The zero-order valence-corrected chi connectivity index (χ0v) is 9.20. The Morgan fingerprint density at radius 2 is 2.06 bits per heavy atom. The molecule has 1 aromatic carbocycles. The first-order valence-electron chi connectivity index (χ1n) is 5.29. The molecule has 0 radical (unpaired) electrons. The maximum Gasteiger partial charge on any atom is 0.354 e. The quantitative estimate of drug-likeness (QED) is 0.745. The van der Waals surface area contributed by atoms with Crippen LogP contribution in [0.3, 0.4) is 0 Å². The molecule has 0 aliphatic heterocycles. The summed E-state index contributed by atoms with van der Waals surface area (Å²) in [6.45, 7) is 0. The van der Waals surface area contributed by atoms with Gasteiger partial charge in [0.1, 0.15) is 5.58 Å². The summed E-state index contributed by atoms with van der Waals surface area (Å²) in [6, 6.07) is 10.6. The Morgan fingerprint density at radius 3 is 2.83 bits per heavy atom. The van der Waals surface area contributed by atoms with E-state index in [1.54, 1.807) is 6.07 Å². The number of carbonyl (C=O) groups is 1. The molecule has 0 unspecified atom stereocenters. The summed E-state index contributed by atoms with van der Waals surface area (Å²) in [4.78, 5) is 18.8. The Balaban J connectivity index is 2.13. The Bertz CT molecular complexity index is 701. The molecule has 5 heteroatoms. The summed E-state index contributed by atoms with van der Waals surface area (Å²) in [6.07, 6.45) is 1.40. The SMILES string of the molecule is O=C(O)c1ccnc(-c2cc3ccccc3o2)n1. The highest BCUT2D eigenvalue weighted by Crippen LogP contribution is 2.25. The largest absolute Gasteiger partial charge is 0.477 e. The molecular weight excluding hydrogens is 232 g/mol. The van der Waals surface area contributed by atoms with E-state index < -0.39 is 5.97 Å². The van der Waals surface area contributed by atoms with E-state index in [0.29, 0.717) is 5.76 Å². The van der Waals surface area contributed by atoms with E-state index in [1.807, 2.05) is 24.3 Å². The first kappa shape index (κ1) is 10.5. The Hall–Kier alpha value is -2.69. The molecule has 0 aliphatic carbocycles. The standard InChI is InChI=1S/C13H8N2O3/c16-13(17)9-5-6-14-12(15-9)11-7-8-3-1-2-4-10(8)18-11/h1-7H,(H,16,17). The van der Waals surface area contributed by atoms with Crippen LogP contribution in [0.25, 0.3) is 22.6 Å². The molecule has 88 valence electrons. The monoisotopic (exact) mass is 240 g/mol. The van der Waals surface area contributed by atoms with E-state index in [9.17, 15) is 4.79 Å². The fourth-order valence-corrected chi connectivity index (χ4v) is 1.69. The van der Waals surface area contributed by atoms with Gasteiger partial charge < -0.3 is 9.52 Å². The molecule has 0 spiro atoms. The van der Waals surface area contributed by atoms with Crippen molar-refractivity contribution in [3.63, 3.8) is 0 Å². The van der Waals surface area contributed by atoms with Gasteiger partial charge in [-0.3, -0.25) is 0 Å². The van der Waals surface area contributed by atoms with Gasteiger partial charge in [-0.25, -0.2) is 14.8 Å². The zero-order chi connectivity index (χ0) is 12.5. The number of hydrogen-bond donors (Lipinski definition) is 1. The van der Waals surface area contributed by atoms with Crippen LogP contribution in [-0.4, -0.2) is 21.0 Å². The van der Waals surface area contributed by atoms with Crippen LogP contribution in [0.4, 0.5) is 0 Å². The highest BCUT2D eigenvalue weighted by Gasteiger charge is 2.11. The fraction of sp³-hybridized carbons (Fsp3) is 0. The summed E-state index contributed by atoms with van der Waals surface area (Å²) in [5.74, 6) is -0.361. The third-order valence-corrected chi connectivity index (χ3v) is 2.52. The average molecular weight is 240 g/mol. The highest BCUT2D eigenvalue weighted by molar-refractivity contribution is 5.86. The lowest BCUT2D eigenvalue weighted by Crippen LogP contribution is -2.01. The van der Waals surface area contributed by atoms with Crippen LogP contribution in [0.15, 0.2) is 47.0 Å². The zero-order valence-electron chi connectivity index (χ0n) is 9.20. The van der Waals surface area contributed by atoms with Crippen molar-refractivity contribution < 1.29 is 14.3 Å². The van der Waals surface area contributed by atoms with Gasteiger partial charge in [-0.05, 0) is 18.2 Å². The van der Waals surface area contributed by atoms with Crippen molar-refractivity contribution in [2.24, 2.45) is 0 Å². The summed E-state index contributed by atoms with van der Waals surface area (Å²) in [5, 5.41) is 9.80. The van der Waals surface area contributed by atoms with Gasteiger partial charge in [0.2, 0.25) is 0 Å². The second kappa shape index (κ2) is 3.96. The number of benzene rings is 1. The van der Waals surface area contributed by atoms with Gasteiger partial charge in [-0.2, -0.15) is 0 Å². The summed E-state index contributed by atoms with van der Waals surface area (Å²) in [7, 11) is 0. The average Bonchev–Trinajstić information content (AvgIpc) is 2.82. The second-order valence-electron chi connectivity index (χ2n) is 3.72. The minimum absolute atomic E-state index is 0.0551. The van der Waals surface area contributed by atoms with Crippen LogP contribution in [0.5, 0.6) is 0 Å². The molecule has 0 bridgehead atoms. The third-order valence-electron chi connectivity index (χ3n) is 2.52. The van der Waals surface area contributed by atoms with Crippen LogP contribution in [-0.2, 0) is 0 Å². The van der Waals surface area contributed by atoms with Crippen LogP contribution in [0.2, 0.25) is 0 Å². The van der Waals surface area contributed by atoms with Crippen molar-refractivity contribution in [2.75, 3.05) is 0 Å². The molecule has 18 heavy (non-hydrogen) atoms. The molecule has 0 fully saturated rings. The number of nitrogens with zero attached hydrogens (tertiary/aromatic N) is 2. The minimum atomic E-state index is -1.09. The van der Waals surface area contributed by atoms with Crippen molar-refractivity contribution in [1.29, 1.82) is 0 Å². The number of furan rings is 1. The van der Waals surface area contributed by atoms with Crippen molar-refractivity contribution in [2.45, 2.75) is 0 Å². The lowest BCUT2D eigenvalue weighted by atomic mass is 10.2. The van der Waals surface area contributed by atoms with Gasteiger partial charge >= 0.3 is 5.97 Å². The normalized spacial score (nSPS) is 10.7. The number of hydrogen-bond acceptors (Lipinski definition) is 4. The number of aromatic carboxylic acids is 1. The van der Waals surface area contributed by atoms with E-state index >= 15 is 0 Å². The van der Waals surface area contributed by atoms with Gasteiger partial charge in [0.05, 0.1) is 0 Å². The van der Waals surface area contributed by atoms with Crippen molar-refractivity contribution >= 4 is 16.9 Å². The molecule has 0 atom stereocenters. The van der Waals surface area contributed by atoms with Crippen LogP contribution in [0.1, 0.15) is 10.5 Å². The predicted octanol–water partition coefficient (Wildman–Crippen LogP) is 2.59. The molecule has 3 aromatic rings. The van der Waals surface area contributed by atoms with Crippen molar-refractivity contribution in [3.05, 3.63) is 48.3 Å². The third kappa shape index (κ3) is 1.71. The molecule has 0 saturated carbocycles. The number of carboxylic acids is 1. The minimum Gasteiger partial charge on any atom is -0.477 e. The highest BCUT2D eigenvalue weighted by atomic mass is 16.4. The lowest BCUT2D eigenvalue weighted by molar-refractivity contribution is 0.0690. The molecule has 0 aliphatic rings. The first-order chi connectivity index (χ1) is 8.74. The van der Waals surface area contributed by atoms with E-state index in [1.165, 1.54) is 12.3 Å². The molecule has 2 aromatic heterocycles. The Kier molecular flexibility index (Phi) is 2.30. The fourth-order valence-electron chi connectivity index (χ4n) is 1.69. The summed E-state index contributed by atoms with van der Waals surface area (Å²) in [5.41, 5.74) is 0.664. The van der Waals surface area contributed by atoms with E-state index in [4.69, 9.17) is 9.52 Å². The van der Waals surface area contributed by atoms with Gasteiger partial charge in [0, 0.05) is 11.6 Å². The number of rotatable bonds is 2. The number of carboxylic acid groups (broad SMARTS) is 1. The van der Waals surface area contributed by atoms with E-state index in [2.05, 4.69) is 9.97 Å². The molecular formula is C13H8N2O3. The molecule has 2 heterocycles. The van der Waals surface area contributed by atoms with Gasteiger partial charge in [-0.1, -0.05) is 18.2 Å². The van der Waals surface area contributed by atoms with Gasteiger partial charge in [-0.15, -0.1) is 0 Å². The topological polar surface area (TPSA) is 76.2 Å². The Labute approximate surface area is 102 Å². The van der Waals surface area contributed by atoms with Gasteiger partial charge in [0.25, 0.3) is 0 Å². The number of fused-ring (bicyclic) bond motifs is 1. The summed E-state index contributed by atoms with van der Waals surface area (Å²) < 4.78 is 5.57. The smallest absolute Gasteiger partial charge is 0.354 e. The molecule has 0 amide bonds. The molecule has 1 N–H and O–H groups in total. The van der Waals surface area contributed by atoms with Crippen molar-refractivity contribution in [1.82, 2.24) is 9.97 Å². The predicted molar refractivity (Wildman–Crippen MR) is 64.2 cm³/mol. The van der Waals surface area contributed by atoms with E-state index in [0.717, 1.165) is 11.0 Å².